The molecule has 0 atom stereocenters. The second-order valence-corrected chi connectivity index (χ2v) is 5.19. The highest BCUT2D eigenvalue weighted by Gasteiger charge is 2.10. The van der Waals surface area contributed by atoms with Crippen molar-refractivity contribution in [1.82, 2.24) is 4.98 Å². The molecule has 0 fully saturated rings. The molecule has 0 unspecified atom stereocenters. The first-order valence-corrected chi connectivity index (χ1v) is 6.45. The van der Waals surface area contributed by atoms with Crippen molar-refractivity contribution >= 4 is 21.7 Å². The largest absolute Gasteiger partial charge is 0.256 e. The SMILES string of the molecule is Cc1cc2nccc(C(C)C)c2c2ccccc12. The van der Waals surface area contributed by atoms with Crippen molar-refractivity contribution in [3.8, 4) is 0 Å². The minimum atomic E-state index is 0.515. The highest BCUT2D eigenvalue weighted by molar-refractivity contribution is 6.09. The molecule has 3 rings (SSSR count). The second-order valence-electron chi connectivity index (χ2n) is 5.19. The molecule has 1 heteroatoms. The maximum absolute atomic E-state index is 4.54. The van der Waals surface area contributed by atoms with Crippen molar-refractivity contribution in [3.63, 3.8) is 0 Å². The van der Waals surface area contributed by atoms with Gasteiger partial charge >= 0.3 is 0 Å². The number of nitrogens with zero attached hydrogens (tertiary/aromatic N) is 1. The topological polar surface area (TPSA) is 12.9 Å². The van der Waals surface area contributed by atoms with E-state index in [4.69, 9.17) is 0 Å². The second kappa shape index (κ2) is 4.09. The molecule has 0 bridgehead atoms. The van der Waals surface area contributed by atoms with Crippen LogP contribution in [0.4, 0.5) is 0 Å². The van der Waals surface area contributed by atoms with Gasteiger partial charge in [0.2, 0.25) is 0 Å². The Balaban J connectivity index is 2.58. The van der Waals surface area contributed by atoms with Crippen LogP contribution in [0.1, 0.15) is 30.9 Å². The van der Waals surface area contributed by atoms with E-state index in [9.17, 15) is 0 Å². The highest BCUT2D eigenvalue weighted by Crippen LogP contribution is 2.32. The van der Waals surface area contributed by atoms with Crippen LogP contribution in [0.3, 0.4) is 0 Å². The minimum Gasteiger partial charge on any atom is -0.256 e. The van der Waals surface area contributed by atoms with Crippen LogP contribution in [-0.2, 0) is 0 Å². The molecule has 0 aliphatic carbocycles. The molecular formula is C17H17N. The Kier molecular flexibility index (Phi) is 2.55. The van der Waals surface area contributed by atoms with E-state index in [-0.39, 0.29) is 0 Å². The molecule has 0 radical (unpaired) electrons. The summed E-state index contributed by atoms with van der Waals surface area (Å²) in [6, 6.07) is 13.0. The number of aryl methyl sites for hydroxylation is 1. The highest BCUT2D eigenvalue weighted by atomic mass is 14.6. The zero-order valence-electron chi connectivity index (χ0n) is 11.1. The Labute approximate surface area is 107 Å². The Morgan fingerprint density at radius 2 is 1.72 bits per heavy atom. The molecule has 0 saturated heterocycles. The van der Waals surface area contributed by atoms with E-state index in [2.05, 4.69) is 62.2 Å². The predicted molar refractivity (Wildman–Crippen MR) is 78.1 cm³/mol. The molecule has 1 nitrogen and oxygen atoms in total. The number of rotatable bonds is 1. The maximum Gasteiger partial charge on any atom is 0.0713 e. The fourth-order valence-electron chi connectivity index (χ4n) is 2.71. The standard InChI is InChI=1S/C17H17N/c1-11(2)13-8-9-18-16-10-12(3)14-6-4-5-7-15(14)17(13)16/h4-11H,1-3H3. The summed E-state index contributed by atoms with van der Waals surface area (Å²) in [6.07, 6.45) is 1.92. The first-order valence-electron chi connectivity index (χ1n) is 6.45. The molecule has 1 aromatic heterocycles. The van der Waals surface area contributed by atoms with Gasteiger partial charge in [0.05, 0.1) is 5.52 Å². The molecule has 18 heavy (non-hydrogen) atoms. The Hall–Kier alpha value is -1.89. The number of aromatic nitrogens is 1. The van der Waals surface area contributed by atoms with E-state index in [1.54, 1.807) is 0 Å². The van der Waals surface area contributed by atoms with E-state index in [1.807, 2.05) is 6.20 Å². The van der Waals surface area contributed by atoms with Crippen molar-refractivity contribution in [2.24, 2.45) is 0 Å². The third-order valence-electron chi connectivity index (χ3n) is 3.61. The van der Waals surface area contributed by atoms with Crippen LogP contribution in [-0.4, -0.2) is 4.98 Å². The summed E-state index contributed by atoms with van der Waals surface area (Å²) < 4.78 is 0. The number of hydrogen-bond acceptors (Lipinski definition) is 1. The van der Waals surface area contributed by atoms with E-state index in [1.165, 1.54) is 27.3 Å². The predicted octanol–water partition coefficient (Wildman–Crippen LogP) is 4.82. The lowest BCUT2D eigenvalue weighted by Gasteiger charge is -2.13. The van der Waals surface area contributed by atoms with Crippen LogP contribution >= 0.6 is 0 Å². The third kappa shape index (κ3) is 1.59. The molecule has 0 N–H and O–H groups in total. The van der Waals surface area contributed by atoms with Crippen molar-refractivity contribution in [1.29, 1.82) is 0 Å². The summed E-state index contributed by atoms with van der Waals surface area (Å²) in [6.45, 7) is 6.64. The van der Waals surface area contributed by atoms with Crippen molar-refractivity contribution in [2.45, 2.75) is 26.7 Å². The molecule has 3 aromatic rings. The van der Waals surface area contributed by atoms with Gasteiger partial charge in [-0.2, -0.15) is 0 Å². The monoisotopic (exact) mass is 235 g/mol. The summed E-state index contributed by atoms with van der Waals surface area (Å²) in [5, 5.41) is 3.97. The van der Waals surface area contributed by atoms with Gasteiger partial charge in [-0.1, -0.05) is 38.1 Å². The molecule has 1 heterocycles. The van der Waals surface area contributed by atoms with Gasteiger partial charge < -0.3 is 0 Å². The van der Waals surface area contributed by atoms with Gasteiger partial charge in [-0.25, -0.2) is 0 Å². The molecule has 0 aliphatic rings. The van der Waals surface area contributed by atoms with Gasteiger partial charge in [0.25, 0.3) is 0 Å². The third-order valence-corrected chi connectivity index (χ3v) is 3.61. The van der Waals surface area contributed by atoms with E-state index >= 15 is 0 Å². The number of benzene rings is 2. The molecule has 0 amide bonds. The summed E-state index contributed by atoms with van der Waals surface area (Å²) in [5.41, 5.74) is 3.79. The van der Waals surface area contributed by atoms with Gasteiger partial charge in [-0.05, 0) is 46.9 Å². The average molecular weight is 235 g/mol. The molecule has 0 saturated carbocycles. The van der Waals surface area contributed by atoms with Crippen LogP contribution in [0.15, 0.2) is 42.6 Å². The van der Waals surface area contributed by atoms with Gasteiger partial charge in [0, 0.05) is 11.6 Å². The molecular weight excluding hydrogens is 218 g/mol. The van der Waals surface area contributed by atoms with Crippen LogP contribution in [0.2, 0.25) is 0 Å². The van der Waals surface area contributed by atoms with Gasteiger partial charge in [0.1, 0.15) is 0 Å². The summed E-state index contributed by atoms with van der Waals surface area (Å²) in [7, 11) is 0. The van der Waals surface area contributed by atoms with E-state index in [0.29, 0.717) is 5.92 Å². The number of fused-ring (bicyclic) bond motifs is 3. The quantitative estimate of drug-likeness (QED) is 0.551. The molecule has 0 spiro atoms. The van der Waals surface area contributed by atoms with Crippen LogP contribution in [0.5, 0.6) is 0 Å². The van der Waals surface area contributed by atoms with Crippen LogP contribution in [0, 0.1) is 6.92 Å². The van der Waals surface area contributed by atoms with Gasteiger partial charge in [-0.15, -0.1) is 0 Å². The Morgan fingerprint density at radius 3 is 2.44 bits per heavy atom. The fourth-order valence-corrected chi connectivity index (χ4v) is 2.71. The lowest BCUT2D eigenvalue weighted by Crippen LogP contribution is -1.93. The number of pyridine rings is 1. The minimum absolute atomic E-state index is 0.515. The normalized spacial score (nSPS) is 11.6. The van der Waals surface area contributed by atoms with Crippen molar-refractivity contribution in [2.75, 3.05) is 0 Å². The molecule has 90 valence electrons. The maximum atomic E-state index is 4.54. The van der Waals surface area contributed by atoms with Crippen LogP contribution in [0.25, 0.3) is 21.7 Å². The summed E-state index contributed by atoms with van der Waals surface area (Å²) in [4.78, 5) is 4.54. The summed E-state index contributed by atoms with van der Waals surface area (Å²) >= 11 is 0. The van der Waals surface area contributed by atoms with Gasteiger partial charge in [-0.3, -0.25) is 4.98 Å². The first-order chi connectivity index (χ1) is 8.68. The zero-order valence-corrected chi connectivity index (χ0v) is 11.1. The van der Waals surface area contributed by atoms with Gasteiger partial charge in [0.15, 0.2) is 0 Å². The molecule has 2 aromatic carbocycles. The smallest absolute Gasteiger partial charge is 0.0713 e. The zero-order chi connectivity index (χ0) is 12.7. The van der Waals surface area contributed by atoms with E-state index < -0.39 is 0 Å². The lowest BCUT2D eigenvalue weighted by molar-refractivity contribution is 0.875. The Morgan fingerprint density at radius 1 is 1.00 bits per heavy atom. The number of hydrogen-bond donors (Lipinski definition) is 0. The molecule has 0 aliphatic heterocycles. The summed E-state index contributed by atoms with van der Waals surface area (Å²) in [5.74, 6) is 0.515. The Bertz CT molecular complexity index is 726. The lowest BCUT2D eigenvalue weighted by atomic mass is 9.93. The first kappa shape index (κ1) is 11.2. The van der Waals surface area contributed by atoms with E-state index in [0.717, 1.165) is 5.52 Å². The van der Waals surface area contributed by atoms with Crippen LogP contribution < -0.4 is 0 Å². The average Bonchev–Trinajstić information content (AvgIpc) is 2.38. The van der Waals surface area contributed by atoms with Crippen molar-refractivity contribution < 1.29 is 0 Å². The fraction of sp³-hybridized carbons (Fsp3) is 0.235. The van der Waals surface area contributed by atoms with Crippen molar-refractivity contribution in [3.05, 3.63) is 53.7 Å².